The van der Waals surface area contributed by atoms with E-state index in [-0.39, 0.29) is 17.1 Å². The van der Waals surface area contributed by atoms with E-state index in [1.54, 1.807) is 0 Å². The fraction of sp³-hybridized carbons (Fsp3) is 0.429. The van der Waals surface area contributed by atoms with E-state index in [9.17, 15) is 4.79 Å². The summed E-state index contributed by atoms with van der Waals surface area (Å²) in [6.07, 6.45) is 4.42. The number of thioether (sulfide) groups is 1. The van der Waals surface area contributed by atoms with E-state index in [1.165, 1.54) is 11.8 Å². The fourth-order valence-corrected chi connectivity index (χ4v) is 2.27. The van der Waals surface area contributed by atoms with E-state index < -0.39 is 0 Å². The van der Waals surface area contributed by atoms with Gasteiger partial charge in [-0.25, -0.2) is 4.99 Å². The number of carbonyl (C=O) groups excluding carboxylic acids is 1. The molecule has 0 fully saturated rings. The summed E-state index contributed by atoms with van der Waals surface area (Å²) in [6.45, 7) is 0. The van der Waals surface area contributed by atoms with Crippen molar-refractivity contribution >= 4 is 22.7 Å². The Morgan fingerprint density at radius 2 is 2.55 bits per heavy atom. The second kappa shape index (κ2) is 2.37. The fourth-order valence-electron chi connectivity index (χ4n) is 1.28. The number of Topliss-reactive ketones (excluding diaryl/α,β-unsaturated/α-hetero) is 1. The standard InChI is InChI=1S/C7H8N2OS/c8-7-9-6-4(10)2-1-3-5(6)11-7/h1,3,5-6H,2H2,(H2,8,9)/t5-,6-/m1/s1. The molecule has 11 heavy (non-hydrogen) atoms. The minimum Gasteiger partial charge on any atom is -0.378 e. The Kier molecular flexibility index (Phi) is 1.49. The van der Waals surface area contributed by atoms with Crippen molar-refractivity contribution < 1.29 is 4.79 Å². The molecule has 2 rings (SSSR count). The van der Waals surface area contributed by atoms with Gasteiger partial charge in [-0.15, -0.1) is 0 Å². The van der Waals surface area contributed by atoms with Crippen molar-refractivity contribution in [3.8, 4) is 0 Å². The minimum atomic E-state index is -0.190. The molecular weight excluding hydrogens is 160 g/mol. The van der Waals surface area contributed by atoms with Gasteiger partial charge in [-0.05, 0) is 0 Å². The third kappa shape index (κ3) is 1.07. The molecule has 3 nitrogen and oxygen atoms in total. The molecular formula is C7H8N2OS. The van der Waals surface area contributed by atoms with Gasteiger partial charge in [0.15, 0.2) is 11.0 Å². The number of hydrogen-bond donors (Lipinski definition) is 1. The summed E-state index contributed by atoms with van der Waals surface area (Å²) in [5, 5.41) is 0.719. The number of carbonyl (C=O) groups is 1. The van der Waals surface area contributed by atoms with Gasteiger partial charge >= 0.3 is 0 Å². The molecule has 0 saturated carbocycles. The molecule has 58 valence electrons. The topological polar surface area (TPSA) is 55.4 Å². The van der Waals surface area contributed by atoms with Crippen molar-refractivity contribution in [1.82, 2.24) is 0 Å². The predicted octanol–water partition coefficient (Wildman–Crippen LogP) is 0.314. The highest BCUT2D eigenvalue weighted by Crippen LogP contribution is 2.29. The first kappa shape index (κ1) is 6.91. The van der Waals surface area contributed by atoms with Gasteiger partial charge in [0.25, 0.3) is 0 Å². The molecule has 1 heterocycles. The van der Waals surface area contributed by atoms with Crippen LogP contribution in [0.2, 0.25) is 0 Å². The molecule has 1 aliphatic carbocycles. The highest BCUT2D eigenvalue weighted by Gasteiger charge is 2.34. The molecule has 2 atom stereocenters. The van der Waals surface area contributed by atoms with Crippen LogP contribution in [-0.2, 0) is 4.79 Å². The molecule has 0 aromatic carbocycles. The van der Waals surface area contributed by atoms with Gasteiger partial charge in [-0.3, -0.25) is 4.79 Å². The summed E-state index contributed by atoms with van der Waals surface area (Å²) in [7, 11) is 0. The van der Waals surface area contributed by atoms with Gasteiger partial charge in [-0.1, -0.05) is 23.9 Å². The first-order valence-electron chi connectivity index (χ1n) is 3.46. The van der Waals surface area contributed by atoms with Gasteiger partial charge in [0.2, 0.25) is 0 Å². The lowest BCUT2D eigenvalue weighted by Crippen LogP contribution is -2.28. The van der Waals surface area contributed by atoms with E-state index >= 15 is 0 Å². The summed E-state index contributed by atoms with van der Waals surface area (Å²) in [5.41, 5.74) is 5.48. The lowest BCUT2D eigenvalue weighted by atomic mass is 10.0. The van der Waals surface area contributed by atoms with Gasteiger partial charge in [0.05, 0.1) is 5.25 Å². The molecule has 2 aliphatic rings. The number of nitrogens with two attached hydrogens (primary N) is 1. The second-order valence-corrected chi connectivity index (χ2v) is 3.79. The number of nitrogens with zero attached hydrogens (tertiary/aromatic N) is 1. The number of rotatable bonds is 0. The van der Waals surface area contributed by atoms with Crippen molar-refractivity contribution in [3.05, 3.63) is 12.2 Å². The number of amidine groups is 1. The van der Waals surface area contributed by atoms with Gasteiger partial charge in [-0.2, -0.15) is 0 Å². The van der Waals surface area contributed by atoms with E-state index in [0.29, 0.717) is 11.6 Å². The van der Waals surface area contributed by atoms with Crippen molar-refractivity contribution in [3.63, 3.8) is 0 Å². The lowest BCUT2D eigenvalue weighted by Gasteiger charge is -2.14. The number of ketones is 1. The molecule has 0 unspecified atom stereocenters. The van der Waals surface area contributed by atoms with Crippen LogP contribution in [-0.4, -0.2) is 22.2 Å². The Labute approximate surface area is 68.7 Å². The first-order valence-corrected chi connectivity index (χ1v) is 4.34. The second-order valence-electron chi connectivity index (χ2n) is 2.59. The van der Waals surface area contributed by atoms with Crippen molar-refractivity contribution in [2.45, 2.75) is 17.7 Å². The Bertz CT molecular complexity index is 259. The average molecular weight is 168 g/mol. The normalized spacial score (nSPS) is 35.3. The van der Waals surface area contributed by atoms with Crippen LogP contribution in [0.5, 0.6) is 0 Å². The maximum Gasteiger partial charge on any atom is 0.162 e. The van der Waals surface area contributed by atoms with E-state index in [2.05, 4.69) is 4.99 Å². The molecule has 0 saturated heterocycles. The molecule has 0 spiro atoms. The lowest BCUT2D eigenvalue weighted by molar-refractivity contribution is -0.119. The Morgan fingerprint density at radius 1 is 1.73 bits per heavy atom. The van der Waals surface area contributed by atoms with Crippen LogP contribution in [0.4, 0.5) is 0 Å². The SMILES string of the molecule is NC1=N[C@@H]2C(=O)CC=C[C@H]2S1. The number of fused-ring (bicyclic) bond motifs is 1. The molecule has 0 amide bonds. The van der Waals surface area contributed by atoms with E-state index in [0.717, 1.165) is 0 Å². The van der Waals surface area contributed by atoms with Crippen molar-refractivity contribution in [2.24, 2.45) is 10.7 Å². The van der Waals surface area contributed by atoms with Gasteiger partial charge in [0, 0.05) is 6.42 Å². The predicted molar refractivity (Wildman–Crippen MR) is 45.6 cm³/mol. The summed E-state index contributed by atoms with van der Waals surface area (Å²) in [5.74, 6) is 0.186. The highest BCUT2D eigenvalue weighted by atomic mass is 32.2. The quantitative estimate of drug-likeness (QED) is 0.530. The molecule has 4 heteroatoms. The summed E-state index contributed by atoms with van der Waals surface area (Å²) >= 11 is 1.47. The summed E-state index contributed by atoms with van der Waals surface area (Å²) in [6, 6.07) is -0.190. The van der Waals surface area contributed by atoms with E-state index in [1.807, 2.05) is 12.2 Å². The first-order chi connectivity index (χ1) is 5.27. The number of hydrogen-bond acceptors (Lipinski definition) is 4. The third-order valence-corrected chi connectivity index (χ3v) is 2.84. The van der Waals surface area contributed by atoms with E-state index in [4.69, 9.17) is 5.73 Å². The molecule has 0 radical (unpaired) electrons. The maximum atomic E-state index is 11.2. The zero-order valence-corrected chi connectivity index (χ0v) is 6.67. The average Bonchev–Trinajstić information content (AvgIpc) is 2.31. The summed E-state index contributed by atoms with van der Waals surface area (Å²) in [4.78, 5) is 15.2. The molecule has 0 aromatic heterocycles. The monoisotopic (exact) mass is 168 g/mol. The highest BCUT2D eigenvalue weighted by molar-refractivity contribution is 8.14. The number of aliphatic imine (C=N–C) groups is 1. The van der Waals surface area contributed by atoms with Gasteiger partial charge in [0.1, 0.15) is 6.04 Å². The molecule has 1 aliphatic heterocycles. The summed E-state index contributed by atoms with van der Waals surface area (Å²) < 4.78 is 0. The third-order valence-electron chi connectivity index (χ3n) is 1.81. The van der Waals surface area contributed by atoms with Crippen molar-refractivity contribution in [2.75, 3.05) is 0 Å². The van der Waals surface area contributed by atoms with Crippen LogP contribution in [0.1, 0.15) is 6.42 Å². The maximum absolute atomic E-state index is 11.2. The smallest absolute Gasteiger partial charge is 0.162 e. The largest absolute Gasteiger partial charge is 0.378 e. The van der Waals surface area contributed by atoms with Crippen LogP contribution in [0.15, 0.2) is 17.1 Å². The minimum absolute atomic E-state index is 0.177. The zero-order valence-electron chi connectivity index (χ0n) is 5.86. The Morgan fingerprint density at radius 3 is 3.27 bits per heavy atom. The Hall–Kier alpha value is -0.770. The van der Waals surface area contributed by atoms with Crippen molar-refractivity contribution in [1.29, 1.82) is 0 Å². The molecule has 2 N–H and O–H groups in total. The Balaban J connectivity index is 2.28. The zero-order chi connectivity index (χ0) is 7.84. The molecule has 0 bridgehead atoms. The van der Waals surface area contributed by atoms with Crippen LogP contribution in [0.25, 0.3) is 0 Å². The number of allylic oxidation sites excluding steroid dienone is 1. The van der Waals surface area contributed by atoms with Crippen LogP contribution < -0.4 is 5.73 Å². The van der Waals surface area contributed by atoms with Crippen LogP contribution in [0.3, 0.4) is 0 Å². The van der Waals surface area contributed by atoms with Crippen LogP contribution in [0, 0.1) is 0 Å². The van der Waals surface area contributed by atoms with Gasteiger partial charge < -0.3 is 5.73 Å². The molecule has 0 aromatic rings. The van der Waals surface area contributed by atoms with Crippen LogP contribution >= 0.6 is 11.8 Å².